The van der Waals surface area contributed by atoms with Crippen LogP contribution in [0, 0.1) is 0 Å². The molecule has 25 heavy (non-hydrogen) atoms. The summed E-state index contributed by atoms with van der Waals surface area (Å²) in [6, 6.07) is 4.13. The van der Waals surface area contributed by atoms with Crippen molar-refractivity contribution in [2.75, 3.05) is 18.5 Å². The molecule has 0 atom stereocenters. The number of halogens is 3. The summed E-state index contributed by atoms with van der Waals surface area (Å²) in [5.41, 5.74) is -1.25. The van der Waals surface area contributed by atoms with E-state index < -0.39 is 36.2 Å². The van der Waals surface area contributed by atoms with Gasteiger partial charge in [-0.2, -0.15) is 8.78 Å². The average molecular weight is 373 g/mol. The van der Waals surface area contributed by atoms with E-state index >= 15 is 0 Å². The second-order valence-corrected chi connectivity index (χ2v) is 5.29. The highest BCUT2D eigenvalue weighted by molar-refractivity contribution is 6.29. The fraction of sp³-hybridized carbons (Fsp3) is 0.333. The van der Waals surface area contributed by atoms with E-state index in [4.69, 9.17) is 16.3 Å². The number of alkyl halides is 2. The Bertz CT molecular complexity index is 799. The van der Waals surface area contributed by atoms with Gasteiger partial charge in [-0.25, -0.2) is 4.98 Å². The average Bonchev–Trinajstić information content (AvgIpc) is 2.59. The maximum atomic E-state index is 14.1. The van der Waals surface area contributed by atoms with E-state index in [0.29, 0.717) is 0 Å². The van der Waals surface area contributed by atoms with Crippen LogP contribution in [0.4, 0.5) is 14.6 Å². The highest BCUT2D eigenvalue weighted by Gasteiger charge is 2.33. The summed E-state index contributed by atoms with van der Waals surface area (Å²) in [6.45, 7) is 0.409. The molecule has 0 bridgehead atoms. The molecule has 0 aliphatic carbocycles. The number of ether oxygens (including phenoxy) is 1. The standard InChI is InChI=1S/C15H15ClF2N4O3/c1-2-25-12(23)8-22-11(16)7-20-13(14(22)24)21-9-15(17,18)10-5-3-4-6-19-10/h3-7H,2,8-9H2,1H3,(H,20,21). The van der Waals surface area contributed by atoms with E-state index in [1.807, 2.05) is 0 Å². The van der Waals surface area contributed by atoms with Crippen LogP contribution in [0.3, 0.4) is 0 Å². The Morgan fingerprint density at radius 2 is 2.16 bits per heavy atom. The molecule has 10 heteroatoms. The molecule has 2 heterocycles. The van der Waals surface area contributed by atoms with Gasteiger partial charge >= 0.3 is 11.9 Å². The van der Waals surface area contributed by atoms with Gasteiger partial charge in [0.1, 0.15) is 17.4 Å². The highest BCUT2D eigenvalue weighted by Crippen LogP contribution is 2.25. The molecule has 0 saturated carbocycles. The van der Waals surface area contributed by atoms with Crippen LogP contribution in [0.15, 0.2) is 35.4 Å². The van der Waals surface area contributed by atoms with Gasteiger partial charge in [-0.1, -0.05) is 17.7 Å². The Hall–Kier alpha value is -2.55. The first-order chi connectivity index (χ1) is 11.8. The van der Waals surface area contributed by atoms with Crippen LogP contribution in [0.1, 0.15) is 12.6 Å². The Kier molecular flexibility index (Phi) is 6.02. The van der Waals surface area contributed by atoms with Gasteiger partial charge in [0.2, 0.25) is 0 Å². The minimum Gasteiger partial charge on any atom is -0.465 e. The van der Waals surface area contributed by atoms with Crippen LogP contribution in [0.2, 0.25) is 5.15 Å². The number of hydrogen-bond donors (Lipinski definition) is 1. The summed E-state index contributed by atoms with van der Waals surface area (Å²) in [4.78, 5) is 31.1. The molecule has 0 fully saturated rings. The molecule has 0 saturated heterocycles. The fourth-order valence-corrected chi connectivity index (χ4v) is 2.12. The highest BCUT2D eigenvalue weighted by atomic mass is 35.5. The lowest BCUT2D eigenvalue weighted by molar-refractivity contribution is -0.143. The Morgan fingerprint density at radius 1 is 1.40 bits per heavy atom. The van der Waals surface area contributed by atoms with Crippen molar-refractivity contribution in [2.24, 2.45) is 0 Å². The van der Waals surface area contributed by atoms with Gasteiger partial charge in [-0.3, -0.25) is 19.1 Å². The second kappa shape index (κ2) is 8.02. The molecular formula is C15H15ClF2N4O3. The topological polar surface area (TPSA) is 86.1 Å². The second-order valence-electron chi connectivity index (χ2n) is 4.90. The monoisotopic (exact) mass is 372 g/mol. The molecule has 0 radical (unpaired) electrons. The smallest absolute Gasteiger partial charge is 0.326 e. The SMILES string of the molecule is CCOC(=O)Cn1c(Cl)cnc(NCC(F)(F)c2ccccn2)c1=O. The van der Waals surface area contributed by atoms with E-state index in [1.165, 1.54) is 24.4 Å². The molecule has 0 aliphatic heterocycles. The zero-order valence-corrected chi connectivity index (χ0v) is 14.0. The van der Waals surface area contributed by atoms with Crippen molar-refractivity contribution in [3.63, 3.8) is 0 Å². The summed E-state index contributed by atoms with van der Waals surface area (Å²) in [6.07, 6.45) is 2.33. The lowest BCUT2D eigenvalue weighted by Gasteiger charge is -2.17. The number of nitrogens with zero attached hydrogens (tertiary/aromatic N) is 3. The van der Waals surface area contributed by atoms with Crippen LogP contribution < -0.4 is 10.9 Å². The molecule has 0 aromatic carbocycles. The Balaban J connectivity index is 2.18. The Morgan fingerprint density at radius 3 is 2.80 bits per heavy atom. The zero-order chi connectivity index (χ0) is 18.4. The third-order valence-corrected chi connectivity index (χ3v) is 3.42. The molecule has 0 aliphatic rings. The number of hydrogen-bond acceptors (Lipinski definition) is 6. The third kappa shape index (κ3) is 4.72. The normalized spacial score (nSPS) is 11.2. The maximum Gasteiger partial charge on any atom is 0.326 e. The van der Waals surface area contributed by atoms with Crippen LogP contribution in [0.25, 0.3) is 0 Å². The molecule has 2 aromatic rings. The summed E-state index contributed by atoms with van der Waals surface area (Å²) in [5, 5.41) is 2.17. The van der Waals surface area contributed by atoms with E-state index in [2.05, 4.69) is 15.3 Å². The molecule has 134 valence electrons. The first-order valence-electron chi connectivity index (χ1n) is 7.29. The van der Waals surface area contributed by atoms with E-state index in [9.17, 15) is 18.4 Å². The molecule has 0 amide bonds. The van der Waals surface area contributed by atoms with Gasteiger partial charge in [-0.05, 0) is 19.1 Å². The predicted octanol–water partition coefficient (Wildman–Crippen LogP) is 2.06. The largest absolute Gasteiger partial charge is 0.465 e. The summed E-state index contributed by atoms with van der Waals surface area (Å²) >= 11 is 5.84. The lowest BCUT2D eigenvalue weighted by Crippen LogP contribution is -2.32. The quantitative estimate of drug-likeness (QED) is 0.749. The predicted molar refractivity (Wildman–Crippen MR) is 86.8 cm³/mol. The minimum atomic E-state index is -3.32. The van der Waals surface area contributed by atoms with Crippen molar-refractivity contribution in [2.45, 2.75) is 19.4 Å². The van der Waals surface area contributed by atoms with Crippen LogP contribution in [-0.2, 0) is 22.0 Å². The van der Waals surface area contributed by atoms with Crippen molar-refractivity contribution in [1.29, 1.82) is 0 Å². The van der Waals surface area contributed by atoms with Crippen molar-refractivity contribution in [3.05, 3.63) is 51.8 Å². The number of anilines is 1. The minimum absolute atomic E-state index is 0.111. The van der Waals surface area contributed by atoms with Gasteiger partial charge in [-0.15, -0.1) is 0 Å². The molecule has 2 aromatic heterocycles. The van der Waals surface area contributed by atoms with Gasteiger partial charge < -0.3 is 10.1 Å². The Labute approximate surface area is 146 Å². The molecule has 0 spiro atoms. The number of esters is 1. The van der Waals surface area contributed by atoms with Crippen molar-refractivity contribution in [1.82, 2.24) is 14.5 Å². The van der Waals surface area contributed by atoms with Gasteiger partial charge in [0.25, 0.3) is 5.56 Å². The number of pyridine rings is 1. The molecule has 1 N–H and O–H groups in total. The number of carbonyl (C=O) groups is 1. The van der Waals surface area contributed by atoms with E-state index in [0.717, 1.165) is 10.8 Å². The zero-order valence-electron chi connectivity index (χ0n) is 13.2. The molecule has 2 rings (SSSR count). The molecule has 7 nitrogen and oxygen atoms in total. The fourth-order valence-electron chi connectivity index (χ4n) is 1.94. The van der Waals surface area contributed by atoms with Gasteiger partial charge in [0.05, 0.1) is 19.3 Å². The number of nitrogens with one attached hydrogen (secondary N) is 1. The van der Waals surface area contributed by atoms with Crippen LogP contribution in [0.5, 0.6) is 0 Å². The van der Waals surface area contributed by atoms with Crippen molar-refractivity contribution in [3.8, 4) is 0 Å². The van der Waals surface area contributed by atoms with Gasteiger partial charge in [0, 0.05) is 6.20 Å². The third-order valence-electron chi connectivity index (χ3n) is 3.12. The van der Waals surface area contributed by atoms with Gasteiger partial charge in [0.15, 0.2) is 5.82 Å². The summed E-state index contributed by atoms with van der Waals surface area (Å²) in [5.74, 6) is -4.35. The number of aromatic nitrogens is 3. The van der Waals surface area contributed by atoms with E-state index in [1.54, 1.807) is 6.92 Å². The number of carbonyl (C=O) groups excluding carboxylic acids is 1. The summed E-state index contributed by atoms with van der Waals surface area (Å²) in [7, 11) is 0. The first kappa shape index (κ1) is 18.8. The first-order valence-corrected chi connectivity index (χ1v) is 7.67. The molecular weight excluding hydrogens is 358 g/mol. The molecule has 0 unspecified atom stereocenters. The van der Waals surface area contributed by atoms with Crippen molar-refractivity contribution >= 4 is 23.4 Å². The van der Waals surface area contributed by atoms with Crippen molar-refractivity contribution < 1.29 is 18.3 Å². The maximum absolute atomic E-state index is 14.1. The number of rotatable bonds is 7. The van der Waals surface area contributed by atoms with E-state index in [-0.39, 0.29) is 17.6 Å². The van der Waals surface area contributed by atoms with Crippen LogP contribution in [-0.4, -0.2) is 33.7 Å². The lowest BCUT2D eigenvalue weighted by atomic mass is 10.2. The van der Waals surface area contributed by atoms with Crippen LogP contribution >= 0.6 is 11.6 Å². The summed E-state index contributed by atoms with van der Waals surface area (Å²) < 4.78 is 33.8.